The fourth-order valence-corrected chi connectivity index (χ4v) is 2.87. The zero-order chi connectivity index (χ0) is 14.6. The second-order valence-electron chi connectivity index (χ2n) is 4.17. The zero-order valence-electron chi connectivity index (χ0n) is 11.2. The molecule has 0 spiro atoms. The molecular weight excluding hydrogens is 266 g/mol. The third-order valence-electron chi connectivity index (χ3n) is 2.78. The van der Waals surface area contributed by atoms with E-state index in [2.05, 4.69) is 10.0 Å². The highest BCUT2D eigenvalue weighted by molar-refractivity contribution is 7.89. The Morgan fingerprint density at radius 3 is 2.53 bits per heavy atom. The normalized spacial score (nSPS) is 13.0. The Morgan fingerprint density at radius 2 is 2.05 bits per heavy atom. The average Bonchev–Trinajstić information content (AvgIpc) is 2.37. The third-order valence-corrected chi connectivity index (χ3v) is 4.32. The predicted octanol–water partition coefficient (Wildman–Crippen LogP) is 0.244. The van der Waals surface area contributed by atoms with E-state index in [-0.39, 0.29) is 4.90 Å². The number of amides is 1. The van der Waals surface area contributed by atoms with Gasteiger partial charge in [0, 0.05) is 12.7 Å². The van der Waals surface area contributed by atoms with Crippen LogP contribution in [-0.4, -0.2) is 27.4 Å². The Hall–Kier alpha value is -1.60. The van der Waals surface area contributed by atoms with Gasteiger partial charge in [-0.1, -0.05) is 13.0 Å². The topological polar surface area (TPSA) is 101 Å². The van der Waals surface area contributed by atoms with Crippen molar-refractivity contribution >= 4 is 21.6 Å². The maximum Gasteiger partial charge on any atom is 0.241 e. The molecule has 7 heteroatoms. The van der Waals surface area contributed by atoms with Crippen molar-refractivity contribution in [3.63, 3.8) is 0 Å². The maximum atomic E-state index is 12.1. The summed E-state index contributed by atoms with van der Waals surface area (Å²) < 4.78 is 26.4. The van der Waals surface area contributed by atoms with Gasteiger partial charge in [0.2, 0.25) is 15.9 Å². The number of aryl methyl sites for hydroxylation is 1. The Labute approximate surface area is 113 Å². The number of nitrogens with two attached hydrogens (primary N) is 1. The Bertz CT molecular complexity index is 570. The highest BCUT2D eigenvalue weighted by atomic mass is 32.2. The van der Waals surface area contributed by atoms with Crippen molar-refractivity contribution in [1.82, 2.24) is 10.0 Å². The number of benzene rings is 1. The second-order valence-corrected chi connectivity index (χ2v) is 5.89. The van der Waals surface area contributed by atoms with Crippen LogP contribution in [0.1, 0.15) is 19.4 Å². The standard InChI is InChI=1S/C12H19N3O3S/c1-4-9-5-6-10(7-11(9)13)19(17,18)15-8(2)12(16)14-3/h5-8,15H,4,13H2,1-3H3,(H,14,16). The molecule has 0 fully saturated rings. The van der Waals surface area contributed by atoms with Gasteiger partial charge in [-0.25, -0.2) is 8.42 Å². The molecule has 1 rings (SSSR count). The van der Waals surface area contributed by atoms with E-state index in [1.54, 1.807) is 6.07 Å². The minimum atomic E-state index is -3.75. The quantitative estimate of drug-likeness (QED) is 0.675. The summed E-state index contributed by atoms with van der Waals surface area (Å²) in [4.78, 5) is 11.4. The lowest BCUT2D eigenvalue weighted by molar-refractivity contribution is -0.121. The SMILES string of the molecule is CCc1ccc(S(=O)(=O)NC(C)C(=O)NC)cc1N. The summed E-state index contributed by atoms with van der Waals surface area (Å²) in [5.74, 6) is -0.401. The van der Waals surface area contributed by atoms with Gasteiger partial charge in [-0.3, -0.25) is 4.79 Å². The number of hydrogen-bond acceptors (Lipinski definition) is 4. The molecule has 1 aromatic carbocycles. The molecular formula is C12H19N3O3S. The summed E-state index contributed by atoms with van der Waals surface area (Å²) in [7, 11) is -2.31. The van der Waals surface area contributed by atoms with Crippen molar-refractivity contribution in [3.05, 3.63) is 23.8 Å². The van der Waals surface area contributed by atoms with Crippen molar-refractivity contribution < 1.29 is 13.2 Å². The molecule has 1 amide bonds. The largest absolute Gasteiger partial charge is 0.398 e. The molecule has 19 heavy (non-hydrogen) atoms. The molecule has 1 atom stereocenters. The van der Waals surface area contributed by atoms with Crippen LogP contribution in [0.4, 0.5) is 5.69 Å². The van der Waals surface area contributed by atoms with Gasteiger partial charge in [-0.15, -0.1) is 0 Å². The van der Waals surface area contributed by atoms with Crippen LogP contribution in [0.5, 0.6) is 0 Å². The molecule has 106 valence electrons. The number of nitrogen functional groups attached to an aromatic ring is 1. The number of anilines is 1. The third kappa shape index (κ3) is 3.68. The first-order valence-electron chi connectivity index (χ1n) is 5.94. The number of carbonyl (C=O) groups is 1. The first-order valence-corrected chi connectivity index (χ1v) is 7.42. The number of rotatable bonds is 5. The van der Waals surface area contributed by atoms with Crippen LogP contribution >= 0.6 is 0 Å². The summed E-state index contributed by atoms with van der Waals surface area (Å²) in [5.41, 5.74) is 7.09. The lowest BCUT2D eigenvalue weighted by Gasteiger charge is -2.13. The maximum absolute atomic E-state index is 12.1. The Balaban J connectivity index is 3.01. The van der Waals surface area contributed by atoms with Crippen LogP contribution in [0.3, 0.4) is 0 Å². The number of carbonyl (C=O) groups excluding carboxylic acids is 1. The molecule has 4 N–H and O–H groups in total. The average molecular weight is 285 g/mol. The van der Waals surface area contributed by atoms with E-state index in [4.69, 9.17) is 5.73 Å². The molecule has 0 aliphatic heterocycles. The first kappa shape index (κ1) is 15.5. The number of likely N-dealkylation sites (N-methyl/N-ethyl adjacent to an activating group) is 1. The van der Waals surface area contributed by atoms with Gasteiger partial charge in [-0.2, -0.15) is 4.72 Å². The van der Waals surface area contributed by atoms with E-state index < -0.39 is 22.0 Å². The summed E-state index contributed by atoms with van der Waals surface area (Å²) >= 11 is 0. The van der Waals surface area contributed by atoms with Crippen molar-refractivity contribution in [2.75, 3.05) is 12.8 Å². The molecule has 0 saturated carbocycles. The molecule has 1 unspecified atom stereocenters. The molecule has 0 aliphatic rings. The van der Waals surface area contributed by atoms with Gasteiger partial charge >= 0.3 is 0 Å². The summed E-state index contributed by atoms with van der Waals surface area (Å²) in [5, 5.41) is 2.38. The van der Waals surface area contributed by atoms with Gasteiger partial charge in [0.05, 0.1) is 10.9 Å². The Morgan fingerprint density at radius 1 is 1.42 bits per heavy atom. The van der Waals surface area contributed by atoms with E-state index in [1.165, 1.54) is 26.1 Å². The fraction of sp³-hybridized carbons (Fsp3) is 0.417. The molecule has 0 heterocycles. The molecule has 0 radical (unpaired) electrons. The van der Waals surface area contributed by atoms with Gasteiger partial charge in [0.15, 0.2) is 0 Å². The molecule has 0 saturated heterocycles. The first-order chi connectivity index (χ1) is 8.81. The molecule has 0 bridgehead atoms. The van der Waals surface area contributed by atoms with Gasteiger partial charge in [-0.05, 0) is 31.0 Å². The number of hydrogen-bond donors (Lipinski definition) is 3. The highest BCUT2D eigenvalue weighted by Gasteiger charge is 2.21. The van der Waals surface area contributed by atoms with Crippen LogP contribution in [0.25, 0.3) is 0 Å². The van der Waals surface area contributed by atoms with Crippen molar-refractivity contribution in [2.24, 2.45) is 0 Å². The summed E-state index contributed by atoms with van der Waals surface area (Å²) in [6, 6.07) is 3.71. The summed E-state index contributed by atoms with van der Waals surface area (Å²) in [6.07, 6.45) is 0.730. The number of nitrogens with one attached hydrogen (secondary N) is 2. The monoisotopic (exact) mass is 285 g/mol. The predicted molar refractivity (Wildman–Crippen MR) is 74.1 cm³/mol. The van der Waals surface area contributed by atoms with Crippen LogP contribution in [0.2, 0.25) is 0 Å². The van der Waals surface area contributed by atoms with Gasteiger partial charge < -0.3 is 11.1 Å². The lowest BCUT2D eigenvalue weighted by atomic mass is 10.1. The van der Waals surface area contributed by atoms with E-state index in [9.17, 15) is 13.2 Å². The van der Waals surface area contributed by atoms with Crippen LogP contribution < -0.4 is 15.8 Å². The van der Waals surface area contributed by atoms with Gasteiger partial charge in [0.25, 0.3) is 0 Å². The number of sulfonamides is 1. The van der Waals surface area contributed by atoms with Crippen molar-refractivity contribution in [1.29, 1.82) is 0 Å². The van der Waals surface area contributed by atoms with Crippen molar-refractivity contribution in [3.8, 4) is 0 Å². The molecule has 0 aliphatic carbocycles. The fourth-order valence-electron chi connectivity index (χ4n) is 1.63. The molecule has 6 nitrogen and oxygen atoms in total. The summed E-state index contributed by atoms with van der Waals surface area (Å²) in [6.45, 7) is 3.41. The smallest absolute Gasteiger partial charge is 0.241 e. The highest BCUT2D eigenvalue weighted by Crippen LogP contribution is 2.18. The zero-order valence-corrected chi connectivity index (χ0v) is 12.0. The van der Waals surface area contributed by atoms with Crippen LogP contribution in [-0.2, 0) is 21.2 Å². The lowest BCUT2D eigenvalue weighted by Crippen LogP contribution is -2.43. The second kappa shape index (κ2) is 6.03. The van der Waals surface area contributed by atoms with Crippen molar-refractivity contribution in [2.45, 2.75) is 31.2 Å². The molecule has 1 aromatic rings. The van der Waals surface area contributed by atoms with Crippen LogP contribution in [0, 0.1) is 0 Å². The Kier molecular flexibility index (Phi) is 4.90. The van der Waals surface area contributed by atoms with Crippen LogP contribution in [0.15, 0.2) is 23.1 Å². The minimum Gasteiger partial charge on any atom is -0.398 e. The molecule has 0 aromatic heterocycles. The van der Waals surface area contributed by atoms with Gasteiger partial charge in [0.1, 0.15) is 0 Å². The van der Waals surface area contributed by atoms with E-state index >= 15 is 0 Å². The van der Waals surface area contributed by atoms with E-state index in [1.807, 2.05) is 6.92 Å². The minimum absolute atomic E-state index is 0.0537. The van der Waals surface area contributed by atoms with E-state index in [0.717, 1.165) is 12.0 Å². The van der Waals surface area contributed by atoms with E-state index in [0.29, 0.717) is 5.69 Å².